The van der Waals surface area contributed by atoms with E-state index in [1.807, 2.05) is 56.8 Å². The van der Waals surface area contributed by atoms with Crippen LogP contribution >= 0.6 is 31.3 Å². The number of anilines is 1. The Balaban J connectivity index is 1.11. The fraction of sp³-hybridized carbons (Fsp3) is 0.333. The lowest BCUT2D eigenvalue weighted by molar-refractivity contribution is -0.140. The van der Waals surface area contributed by atoms with Crippen molar-refractivity contribution < 1.29 is 33.9 Å². The van der Waals surface area contributed by atoms with Gasteiger partial charge >= 0.3 is 12.1 Å². The molecule has 3 atom stereocenters. The largest absolute Gasteiger partial charge is 0.490 e. The molecule has 3 aromatic carbocycles. The first kappa shape index (κ1) is 37.5. The molecule has 0 saturated heterocycles. The van der Waals surface area contributed by atoms with E-state index in [0.717, 1.165) is 34.4 Å². The van der Waals surface area contributed by atoms with Crippen molar-refractivity contribution >= 4 is 54.9 Å². The molecule has 52 heavy (non-hydrogen) atoms. The van der Waals surface area contributed by atoms with Crippen LogP contribution in [-0.4, -0.2) is 78.5 Å². The number of halogens is 2. The number of benzene rings is 3. The van der Waals surface area contributed by atoms with Crippen molar-refractivity contribution in [2.24, 2.45) is 5.92 Å². The molecule has 2 amide bonds. The number of carbonyl (C=O) groups is 3. The number of hydrogen-bond donors (Lipinski definition) is 4. The highest BCUT2D eigenvalue weighted by Crippen LogP contribution is 2.57. The van der Waals surface area contributed by atoms with E-state index in [2.05, 4.69) is 21.1 Å². The van der Waals surface area contributed by atoms with Gasteiger partial charge < -0.3 is 19.9 Å². The predicted octanol–water partition coefficient (Wildman–Crippen LogP) is 6.22. The van der Waals surface area contributed by atoms with E-state index in [9.17, 15) is 19.5 Å². The quantitative estimate of drug-likeness (QED) is 0.0623. The van der Waals surface area contributed by atoms with Crippen molar-refractivity contribution in [3.05, 3.63) is 99.3 Å². The first-order chi connectivity index (χ1) is 25.0. The molecule has 1 aliphatic carbocycles. The van der Waals surface area contributed by atoms with Crippen molar-refractivity contribution in [1.82, 2.24) is 25.8 Å². The minimum absolute atomic E-state index is 0.0889. The second-order valence-electron chi connectivity index (χ2n) is 12.8. The van der Waals surface area contributed by atoms with Crippen LogP contribution in [0.4, 0.5) is 10.5 Å². The molecule has 1 saturated carbocycles. The Morgan fingerprint density at radius 2 is 1.88 bits per heavy atom. The number of carboxylic acid groups (broad SMARTS) is 1. The smallest absolute Gasteiger partial charge is 0.414 e. The van der Waals surface area contributed by atoms with E-state index in [1.165, 1.54) is 6.07 Å². The van der Waals surface area contributed by atoms with Gasteiger partial charge in [0, 0.05) is 39.5 Å². The number of hydrogen-bond acceptors (Lipinski definition) is 9. The summed E-state index contributed by atoms with van der Waals surface area (Å²) in [6, 6.07) is 14.9. The summed E-state index contributed by atoms with van der Waals surface area (Å²) < 4.78 is 13.2. The van der Waals surface area contributed by atoms with Crippen molar-refractivity contribution in [3.8, 4) is 16.9 Å². The van der Waals surface area contributed by atoms with Crippen LogP contribution in [0.2, 0.25) is 10.0 Å². The monoisotopic (exact) mass is 768 g/mol. The summed E-state index contributed by atoms with van der Waals surface area (Å²) in [5.41, 5.74) is 7.99. The van der Waals surface area contributed by atoms with E-state index in [0.29, 0.717) is 39.7 Å². The van der Waals surface area contributed by atoms with E-state index >= 15 is 0 Å². The third kappa shape index (κ3) is 8.86. The van der Waals surface area contributed by atoms with Gasteiger partial charge in [-0.1, -0.05) is 41.4 Å². The van der Waals surface area contributed by atoms with Crippen LogP contribution in [0.1, 0.15) is 39.4 Å². The van der Waals surface area contributed by atoms with Crippen LogP contribution in [-0.2, 0) is 21.0 Å². The Morgan fingerprint density at radius 3 is 2.67 bits per heavy atom. The molecule has 0 bridgehead atoms. The highest BCUT2D eigenvalue weighted by Gasteiger charge is 2.48. The molecule has 16 heteroatoms. The summed E-state index contributed by atoms with van der Waals surface area (Å²) >= 11 is 12.7. The highest BCUT2D eigenvalue weighted by molar-refractivity contribution is 7.53. The summed E-state index contributed by atoms with van der Waals surface area (Å²) in [6.45, 7) is 6.70. The van der Waals surface area contributed by atoms with E-state index in [4.69, 9.17) is 37.6 Å². The number of rotatable bonds is 15. The van der Waals surface area contributed by atoms with Gasteiger partial charge in [-0.05, 0) is 99.7 Å². The van der Waals surface area contributed by atoms with Gasteiger partial charge in [0.25, 0.3) is 5.91 Å². The Labute approximate surface area is 312 Å². The van der Waals surface area contributed by atoms with Crippen LogP contribution in [0.25, 0.3) is 11.1 Å². The number of aliphatic carboxylic acids is 1. The van der Waals surface area contributed by atoms with Crippen LogP contribution in [0, 0.1) is 12.8 Å². The second-order valence-corrected chi connectivity index (χ2v) is 15.6. The molecule has 0 radical (unpaired) electrons. The molecule has 13 nitrogen and oxygen atoms in total. The standard InChI is InChI=1S/C36H39Cl2N6O7P/c1-21-28(37)7-5-9-32(21)49-12-13-50-36(48)44-20-23-15-27(23)33-26(6-4-8-31(33)44)25-16-39-43(19-25)18-24-14-22(10-11-29(24)38)34(45)41-30(35(46)47)17-40-51-42-52(2)3/h4-11,14,16,19,23,27,30,40,42H,12-13,15,17-18,20H2,1-3H3,(H,41,45)(H,46,47)/t23-,27-,30-/m0/s1. The Kier molecular flexibility index (Phi) is 12.0. The summed E-state index contributed by atoms with van der Waals surface area (Å²) in [5.74, 6) is -0.459. The number of amides is 2. The highest BCUT2D eigenvalue weighted by atomic mass is 35.5. The third-order valence-corrected chi connectivity index (χ3v) is 10.1. The molecule has 1 aromatic heterocycles. The molecule has 0 spiro atoms. The van der Waals surface area contributed by atoms with Gasteiger partial charge in [-0.15, -0.1) is 0 Å². The Hall–Kier alpha value is -4.23. The van der Waals surface area contributed by atoms with E-state index in [1.54, 1.807) is 34.0 Å². The molecule has 6 rings (SSSR count). The van der Waals surface area contributed by atoms with Crippen molar-refractivity contribution in [3.63, 3.8) is 0 Å². The van der Waals surface area contributed by atoms with Crippen molar-refractivity contribution in [1.29, 1.82) is 0 Å². The average molecular weight is 770 g/mol. The number of carbonyl (C=O) groups excluding carboxylic acids is 2. The normalized spacial score (nSPS) is 16.5. The Bertz CT molecular complexity index is 1960. The van der Waals surface area contributed by atoms with Crippen molar-refractivity contribution in [2.45, 2.75) is 31.8 Å². The fourth-order valence-corrected chi connectivity index (χ4v) is 6.72. The summed E-state index contributed by atoms with van der Waals surface area (Å²) in [4.78, 5) is 44.9. The maximum Gasteiger partial charge on any atom is 0.414 e. The predicted molar refractivity (Wildman–Crippen MR) is 199 cm³/mol. The number of ether oxygens (including phenoxy) is 2. The molecular formula is C36H39Cl2N6O7P. The maximum atomic E-state index is 13.3. The van der Waals surface area contributed by atoms with Crippen LogP contribution < -0.4 is 25.7 Å². The molecule has 2 aliphatic rings. The van der Waals surface area contributed by atoms with Gasteiger partial charge in [-0.2, -0.15) is 15.8 Å². The zero-order chi connectivity index (χ0) is 36.9. The van der Waals surface area contributed by atoms with Gasteiger partial charge in [0.05, 0.1) is 25.0 Å². The topological polar surface area (TPSA) is 156 Å². The summed E-state index contributed by atoms with van der Waals surface area (Å²) in [6.07, 6.45) is 4.23. The van der Waals surface area contributed by atoms with E-state index < -0.39 is 32.1 Å². The number of fused-ring (bicyclic) bond motifs is 3. The van der Waals surface area contributed by atoms with Gasteiger partial charge in [0.2, 0.25) is 0 Å². The van der Waals surface area contributed by atoms with Gasteiger partial charge in [-0.25, -0.2) is 14.5 Å². The SMILES string of the molecule is Cc1c(Cl)cccc1OCCOC(=O)N1C[C@@H]2C[C@@H]2c2c(-c3cnn(Cc4cc(C(=O)N[C@@H](CNONP(C)C)C(=O)O)ccc4Cl)c3)cccc21. The van der Waals surface area contributed by atoms with E-state index in [-0.39, 0.29) is 31.9 Å². The molecule has 4 N–H and O–H groups in total. The van der Waals surface area contributed by atoms with Crippen LogP contribution in [0.5, 0.6) is 5.75 Å². The molecule has 4 aromatic rings. The fourth-order valence-electron chi connectivity index (χ4n) is 6.13. The third-order valence-electron chi connectivity index (χ3n) is 8.86. The number of nitrogens with zero attached hydrogens (tertiary/aromatic N) is 3. The lowest BCUT2D eigenvalue weighted by atomic mass is 9.93. The average Bonchev–Trinajstić information content (AvgIpc) is 3.77. The molecule has 1 aliphatic heterocycles. The van der Waals surface area contributed by atoms with Gasteiger partial charge in [0.1, 0.15) is 25.0 Å². The zero-order valence-electron chi connectivity index (χ0n) is 28.8. The maximum absolute atomic E-state index is 13.3. The lowest BCUT2D eigenvalue weighted by Crippen LogP contribution is -2.47. The first-order valence-electron chi connectivity index (χ1n) is 16.6. The summed E-state index contributed by atoms with van der Waals surface area (Å²) in [5, 5.41) is 20.5. The first-order valence-corrected chi connectivity index (χ1v) is 19.6. The molecule has 2 heterocycles. The number of aromatic nitrogens is 2. The van der Waals surface area contributed by atoms with Crippen molar-refractivity contribution in [2.75, 3.05) is 44.5 Å². The van der Waals surface area contributed by atoms with Crippen LogP contribution in [0.15, 0.2) is 67.0 Å². The minimum atomic E-state index is -1.24. The molecule has 274 valence electrons. The second kappa shape index (κ2) is 16.6. The Morgan fingerprint density at radius 1 is 1.08 bits per heavy atom. The molecule has 0 unspecified atom stereocenters. The van der Waals surface area contributed by atoms with Gasteiger partial charge in [-0.3, -0.25) is 14.4 Å². The number of hydroxylamine groups is 1. The number of carboxylic acids is 1. The summed E-state index contributed by atoms with van der Waals surface area (Å²) in [7, 11) is -0.571. The van der Waals surface area contributed by atoms with Crippen LogP contribution in [0.3, 0.4) is 0 Å². The number of nitrogens with one attached hydrogen (secondary N) is 3. The molecule has 1 fully saturated rings. The zero-order valence-corrected chi connectivity index (χ0v) is 31.2. The lowest BCUT2D eigenvalue weighted by Gasteiger charge is -2.29. The minimum Gasteiger partial charge on any atom is -0.490 e. The molecular weight excluding hydrogens is 730 g/mol. The van der Waals surface area contributed by atoms with Gasteiger partial charge in [0.15, 0.2) is 0 Å².